The lowest BCUT2D eigenvalue weighted by Crippen LogP contribution is -2.26. The van der Waals surface area contributed by atoms with Crippen molar-refractivity contribution in [1.82, 2.24) is 0 Å². The molecule has 0 aliphatic heterocycles. The van der Waals surface area contributed by atoms with Crippen molar-refractivity contribution in [2.24, 2.45) is 11.3 Å². The van der Waals surface area contributed by atoms with Crippen LogP contribution in [0.15, 0.2) is 24.3 Å². The average molecular weight is 162 g/mol. The van der Waals surface area contributed by atoms with Gasteiger partial charge in [-0.25, -0.2) is 0 Å². The molecule has 2 aliphatic rings. The van der Waals surface area contributed by atoms with Crippen LogP contribution < -0.4 is 0 Å². The number of carbonyl (C=O) groups is 1. The highest BCUT2D eigenvalue weighted by atomic mass is 16.1. The Morgan fingerprint density at radius 2 is 2.50 bits per heavy atom. The van der Waals surface area contributed by atoms with E-state index in [0.29, 0.717) is 5.78 Å². The Bertz CT molecular complexity index is 275. The van der Waals surface area contributed by atoms with Crippen LogP contribution in [-0.4, -0.2) is 5.78 Å². The van der Waals surface area contributed by atoms with Crippen LogP contribution in [0.2, 0.25) is 0 Å². The van der Waals surface area contributed by atoms with Crippen molar-refractivity contribution in [1.29, 1.82) is 0 Å². The summed E-state index contributed by atoms with van der Waals surface area (Å²) in [6, 6.07) is 0. The summed E-state index contributed by atoms with van der Waals surface area (Å²) >= 11 is 0. The first-order chi connectivity index (χ1) is 5.68. The van der Waals surface area contributed by atoms with Gasteiger partial charge in [-0.05, 0) is 19.8 Å². The van der Waals surface area contributed by atoms with Crippen LogP contribution in [0.25, 0.3) is 0 Å². The number of hydrogen-bond acceptors (Lipinski definition) is 1. The highest BCUT2D eigenvalue weighted by Crippen LogP contribution is 2.50. The standard InChI is InChI=1S/C11H14O/c1-3-11-5-4-10(12)9(7-11)6-8(11)2/h3,6,9H,1,4-5,7H2,2H3. The van der Waals surface area contributed by atoms with Gasteiger partial charge in [-0.2, -0.15) is 0 Å². The van der Waals surface area contributed by atoms with Gasteiger partial charge in [-0.1, -0.05) is 17.7 Å². The van der Waals surface area contributed by atoms with Crippen molar-refractivity contribution < 1.29 is 4.79 Å². The molecule has 2 bridgehead atoms. The van der Waals surface area contributed by atoms with Gasteiger partial charge in [-0.15, -0.1) is 6.58 Å². The molecule has 2 rings (SSSR count). The molecule has 0 N–H and O–H groups in total. The predicted octanol–water partition coefficient (Wildman–Crippen LogP) is 2.49. The second kappa shape index (κ2) is 2.32. The van der Waals surface area contributed by atoms with Crippen LogP contribution in [0, 0.1) is 11.3 Å². The number of allylic oxidation sites excluding steroid dienone is 3. The molecule has 0 amide bonds. The van der Waals surface area contributed by atoms with Crippen LogP contribution >= 0.6 is 0 Å². The van der Waals surface area contributed by atoms with E-state index < -0.39 is 0 Å². The molecule has 12 heavy (non-hydrogen) atoms. The van der Waals surface area contributed by atoms with Gasteiger partial charge in [0, 0.05) is 17.8 Å². The summed E-state index contributed by atoms with van der Waals surface area (Å²) in [5.74, 6) is 0.626. The van der Waals surface area contributed by atoms with Crippen molar-refractivity contribution in [2.45, 2.75) is 26.2 Å². The van der Waals surface area contributed by atoms with E-state index in [0.717, 1.165) is 19.3 Å². The van der Waals surface area contributed by atoms with Crippen molar-refractivity contribution in [2.75, 3.05) is 0 Å². The van der Waals surface area contributed by atoms with E-state index in [9.17, 15) is 4.79 Å². The molecule has 0 aromatic carbocycles. The van der Waals surface area contributed by atoms with Gasteiger partial charge >= 0.3 is 0 Å². The molecule has 0 aromatic rings. The zero-order valence-corrected chi connectivity index (χ0v) is 7.47. The first-order valence-electron chi connectivity index (χ1n) is 4.53. The number of ketones is 1. The van der Waals surface area contributed by atoms with Gasteiger partial charge in [0.1, 0.15) is 5.78 Å². The molecule has 2 aliphatic carbocycles. The molecule has 0 aromatic heterocycles. The molecule has 1 fully saturated rings. The van der Waals surface area contributed by atoms with Gasteiger partial charge in [0.25, 0.3) is 0 Å². The third-order valence-corrected chi connectivity index (χ3v) is 3.44. The summed E-state index contributed by atoms with van der Waals surface area (Å²) in [5, 5.41) is 0. The third kappa shape index (κ3) is 0.825. The second-order valence-electron chi connectivity index (χ2n) is 3.99. The summed E-state index contributed by atoms with van der Waals surface area (Å²) in [7, 11) is 0. The maximum atomic E-state index is 11.4. The lowest BCUT2D eigenvalue weighted by molar-refractivity contribution is -0.123. The molecule has 0 radical (unpaired) electrons. The minimum absolute atomic E-state index is 0.179. The number of hydrogen-bond donors (Lipinski definition) is 0. The largest absolute Gasteiger partial charge is 0.299 e. The normalized spacial score (nSPS) is 39.6. The maximum Gasteiger partial charge on any atom is 0.139 e. The van der Waals surface area contributed by atoms with Crippen LogP contribution in [0.3, 0.4) is 0 Å². The number of Topliss-reactive ketones (excluding diaryl/α,β-unsaturated/α-hetero) is 1. The number of carbonyl (C=O) groups excluding carboxylic acids is 1. The quantitative estimate of drug-likeness (QED) is 0.541. The highest BCUT2D eigenvalue weighted by Gasteiger charge is 2.43. The Hall–Kier alpha value is -0.850. The molecule has 0 heterocycles. The minimum atomic E-state index is 0.179. The first kappa shape index (κ1) is 7.78. The first-order valence-corrected chi connectivity index (χ1v) is 4.53. The van der Waals surface area contributed by atoms with Crippen LogP contribution in [0.5, 0.6) is 0 Å². The monoisotopic (exact) mass is 162 g/mol. The van der Waals surface area contributed by atoms with E-state index in [2.05, 4.69) is 19.6 Å². The molecule has 0 spiro atoms. The second-order valence-corrected chi connectivity index (χ2v) is 3.99. The Balaban J connectivity index is 2.38. The zero-order chi connectivity index (χ0) is 8.77. The molecule has 2 unspecified atom stereocenters. The van der Waals surface area contributed by atoms with E-state index in [-0.39, 0.29) is 11.3 Å². The van der Waals surface area contributed by atoms with Crippen LogP contribution in [0.4, 0.5) is 0 Å². The fourth-order valence-electron chi connectivity index (χ4n) is 2.46. The van der Waals surface area contributed by atoms with E-state index in [4.69, 9.17) is 0 Å². The Kier molecular flexibility index (Phi) is 1.50. The minimum Gasteiger partial charge on any atom is -0.299 e. The van der Waals surface area contributed by atoms with Crippen LogP contribution in [-0.2, 0) is 4.79 Å². The zero-order valence-electron chi connectivity index (χ0n) is 7.47. The predicted molar refractivity (Wildman–Crippen MR) is 48.7 cm³/mol. The lowest BCUT2D eigenvalue weighted by atomic mass is 9.72. The molecule has 1 nitrogen and oxygen atoms in total. The Labute approximate surface area is 73.2 Å². The van der Waals surface area contributed by atoms with E-state index in [1.807, 2.05) is 6.08 Å². The van der Waals surface area contributed by atoms with E-state index >= 15 is 0 Å². The summed E-state index contributed by atoms with van der Waals surface area (Å²) in [4.78, 5) is 11.4. The maximum absolute atomic E-state index is 11.4. The van der Waals surface area contributed by atoms with E-state index in [1.165, 1.54) is 5.57 Å². The summed E-state index contributed by atoms with van der Waals surface area (Å²) in [6.45, 7) is 6.00. The third-order valence-electron chi connectivity index (χ3n) is 3.44. The SMILES string of the molecule is C=CC12CCC(=O)C(C=C1C)C2. The smallest absolute Gasteiger partial charge is 0.139 e. The van der Waals surface area contributed by atoms with Crippen molar-refractivity contribution in [3.05, 3.63) is 24.3 Å². The average Bonchev–Trinajstić information content (AvgIpc) is 2.35. The Morgan fingerprint density at radius 1 is 1.75 bits per heavy atom. The molecule has 1 saturated carbocycles. The molecule has 64 valence electrons. The van der Waals surface area contributed by atoms with Crippen molar-refractivity contribution in [3.63, 3.8) is 0 Å². The van der Waals surface area contributed by atoms with E-state index in [1.54, 1.807) is 0 Å². The van der Waals surface area contributed by atoms with Gasteiger partial charge in [-0.3, -0.25) is 4.79 Å². The van der Waals surface area contributed by atoms with Gasteiger partial charge < -0.3 is 0 Å². The molecular formula is C11H14O. The molecule has 2 atom stereocenters. The fraction of sp³-hybridized carbons (Fsp3) is 0.545. The van der Waals surface area contributed by atoms with Crippen LogP contribution in [0.1, 0.15) is 26.2 Å². The molecule has 1 heteroatoms. The Morgan fingerprint density at radius 3 is 3.17 bits per heavy atom. The lowest BCUT2D eigenvalue weighted by Gasteiger charge is -2.31. The van der Waals surface area contributed by atoms with Crippen molar-refractivity contribution in [3.8, 4) is 0 Å². The van der Waals surface area contributed by atoms with Crippen molar-refractivity contribution >= 4 is 5.78 Å². The summed E-state index contributed by atoms with van der Waals surface area (Å²) in [6.07, 6.45) is 6.88. The van der Waals surface area contributed by atoms with Gasteiger partial charge in [0.2, 0.25) is 0 Å². The van der Waals surface area contributed by atoms with Gasteiger partial charge in [0.15, 0.2) is 0 Å². The summed E-state index contributed by atoms with van der Waals surface area (Å²) in [5.41, 5.74) is 1.53. The number of fused-ring (bicyclic) bond motifs is 2. The molecular weight excluding hydrogens is 148 g/mol. The molecule has 0 saturated heterocycles. The topological polar surface area (TPSA) is 17.1 Å². The van der Waals surface area contributed by atoms with Gasteiger partial charge in [0.05, 0.1) is 0 Å². The fourth-order valence-corrected chi connectivity index (χ4v) is 2.46. The summed E-state index contributed by atoms with van der Waals surface area (Å²) < 4.78 is 0. The highest BCUT2D eigenvalue weighted by molar-refractivity contribution is 5.85. The number of rotatable bonds is 1.